The van der Waals surface area contributed by atoms with Gasteiger partial charge in [-0.25, -0.2) is 0 Å². The lowest BCUT2D eigenvalue weighted by atomic mass is 10.1. The third kappa shape index (κ3) is 2.81. The molecule has 2 heteroatoms. The van der Waals surface area contributed by atoms with E-state index in [-0.39, 0.29) is 0 Å². The summed E-state index contributed by atoms with van der Waals surface area (Å²) in [5, 5.41) is 5.11. The van der Waals surface area contributed by atoms with E-state index in [4.69, 9.17) is 0 Å². The van der Waals surface area contributed by atoms with E-state index < -0.39 is 0 Å². The molecule has 0 aliphatic heterocycles. The monoisotopic (exact) mass is 496 g/mol. The van der Waals surface area contributed by atoms with Crippen LogP contribution in [0.2, 0.25) is 0 Å². The van der Waals surface area contributed by atoms with Gasteiger partial charge in [-0.3, -0.25) is 0 Å². The Labute approximate surface area is 226 Å². The van der Waals surface area contributed by atoms with E-state index in [1.807, 2.05) is 0 Å². The second-order valence-electron chi connectivity index (χ2n) is 10.6. The molecule has 0 spiro atoms. The first-order valence-electron chi connectivity index (χ1n) is 13.6. The SMILES string of the molecule is c1ccc2c(c1)Cc1ccc(-n3c4ccccc4c4c(-n5c6ccccc6c6ccccc65)cccc43)cc1-2. The van der Waals surface area contributed by atoms with E-state index in [1.54, 1.807) is 0 Å². The van der Waals surface area contributed by atoms with E-state index in [1.165, 1.54) is 77.2 Å². The summed E-state index contributed by atoms with van der Waals surface area (Å²) in [5.41, 5.74) is 12.9. The molecule has 2 nitrogen and oxygen atoms in total. The molecule has 1 aliphatic carbocycles. The molecule has 2 heterocycles. The molecule has 0 saturated heterocycles. The van der Waals surface area contributed by atoms with Crippen LogP contribution in [-0.2, 0) is 6.42 Å². The molecule has 182 valence electrons. The Morgan fingerprint density at radius 3 is 1.77 bits per heavy atom. The first kappa shape index (κ1) is 20.9. The van der Waals surface area contributed by atoms with Gasteiger partial charge in [-0.2, -0.15) is 0 Å². The second-order valence-corrected chi connectivity index (χ2v) is 10.6. The third-order valence-electron chi connectivity index (χ3n) is 8.54. The summed E-state index contributed by atoms with van der Waals surface area (Å²) >= 11 is 0. The van der Waals surface area contributed by atoms with E-state index >= 15 is 0 Å². The first-order valence-corrected chi connectivity index (χ1v) is 13.6. The van der Waals surface area contributed by atoms with E-state index in [0.717, 1.165) is 6.42 Å². The van der Waals surface area contributed by atoms with E-state index in [9.17, 15) is 0 Å². The van der Waals surface area contributed by atoms with Gasteiger partial charge in [0, 0.05) is 27.2 Å². The summed E-state index contributed by atoms with van der Waals surface area (Å²) in [6.07, 6.45) is 1.01. The number of hydrogen-bond acceptors (Lipinski definition) is 0. The number of para-hydroxylation sites is 3. The van der Waals surface area contributed by atoms with Crippen LogP contribution in [0.3, 0.4) is 0 Å². The molecular formula is C37H24N2. The predicted molar refractivity (Wildman–Crippen MR) is 163 cm³/mol. The van der Waals surface area contributed by atoms with Crippen molar-refractivity contribution >= 4 is 43.6 Å². The highest BCUT2D eigenvalue weighted by atomic mass is 15.0. The number of hydrogen-bond donors (Lipinski definition) is 0. The Morgan fingerprint density at radius 1 is 0.410 bits per heavy atom. The van der Waals surface area contributed by atoms with Crippen molar-refractivity contribution in [3.05, 3.63) is 145 Å². The lowest BCUT2D eigenvalue weighted by molar-refractivity contribution is 1.16. The average Bonchev–Trinajstić information content (AvgIpc) is 3.64. The third-order valence-corrected chi connectivity index (χ3v) is 8.54. The van der Waals surface area contributed by atoms with Crippen LogP contribution < -0.4 is 0 Å². The first-order chi connectivity index (χ1) is 19.4. The molecule has 0 saturated carbocycles. The molecule has 6 aromatic carbocycles. The summed E-state index contributed by atoms with van der Waals surface area (Å²) in [4.78, 5) is 0. The summed E-state index contributed by atoms with van der Waals surface area (Å²) < 4.78 is 4.89. The Morgan fingerprint density at radius 2 is 1.00 bits per heavy atom. The summed E-state index contributed by atoms with van der Waals surface area (Å²) in [5.74, 6) is 0. The van der Waals surface area contributed by atoms with Crippen LogP contribution >= 0.6 is 0 Å². The fourth-order valence-electron chi connectivity index (χ4n) is 6.90. The highest BCUT2D eigenvalue weighted by Crippen LogP contribution is 2.42. The number of benzene rings is 6. The molecule has 0 bridgehead atoms. The smallest absolute Gasteiger partial charge is 0.0562 e. The molecule has 1 aliphatic rings. The summed E-state index contributed by atoms with van der Waals surface area (Å²) in [6, 6.07) is 48.9. The second kappa shape index (κ2) is 7.72. The normalized spacial score (nSPS) is 12.5. The molecule has 0 amide bonds. The molecule has 0 fully saturated rings. The van der Waals surface area contributed by atoms with Crippen LogP contribution in [-0.4, -0.2) is 9.13 Å². The van der Waals surface area contributed by atoms with Gasteiger partial charge in [0.2, 0.25) is 0 Å². The molecule has 0 radical (unpaired) electrons. The predicted octanol–water partition coefficient (Wildman–Crippen LogP) is 9.45. The lowest BCUT2D eigenvalue weighted by Gasteiger charge is -2.12. The minimum Gasteiger partial charge on any atom is -0.309 e. The maximum absolute atomic E-state index is 2.45. The standard InChI is InChI=1S/C37H24N2/c1-2-11-27-24(10-1)22-25-20-21-26(23-31(25)27)38-34-17-8-5-14-30(34)37-35(38)18-9-19-36(37)39-32-15-6-3-12-28(32)29-13-4-7-16-33(29)39/h1-21,23H,22H2. The minimum absolute atomic E-state index is 1.01. The molecule has 0 atom stereocenters. The molecule has 0 N–H and O–H groups in total. The van der Waals surface area contributed by atoms with Crippen molar-refractivity contribution in [2.24, 2.45) is 0 Å². The van der Waals surface area contributed by atoms with Crippen molar-refractivity contribution < 1.29 is 0 Å². The fourth-order valence-corrected chi connectivity index (χ4v) is 6.90. The van der Waals surface area contributed by atoms with Gasteiger partial charge in [0.05, 0.1) is 27.8 Å². The molecular weight excluding hydrogens is 472 g/mol. The van der Waals surface area contributed by atoms with Crippen LogP contribution in [0.5, 0.6) is 0 Å². The number of rotatable bonds is 2. The number of fused-ring (bicyclic) bond motifs is 9. The molecule has 0 unspecified atom stereocenters. The van der Waals surface area contributed by atoms with Gasteiger partial charge in [-0.15, -0.1) is 0 Å². The molecule has 39 heavy (non-hydrogen) atoms. The van der Waals surface area contributed by atoms with Crippen molar-refractivity contribution in [1.82, 2.24) is 9.13 Å². The minimum atomic E-state index is 1.01. The van der Waals surface area contributed by atoms with Crippen molar-refractivity contribution in [2.45, 2.75) is 6.42 Å². The zero-order valence-electron chi connectivity index (χ0n) is 21.3. The summed E-state index contributed by atoms with van der Waals surface area (Å²) in [7, 11) is 0. The van der Waals surface area contributed by atoms with Crippen LogP contribution in [0.15, 0.2) is 133 Å². The van der Waals surface area contributed by atoms with Gasteiger partial charge in [-0.1, -0.05) is 91.0 Å². The van der Waals surface area contributed by atoms with Crippen molar-refractivity contribution in [3.63, 3.8) is 0 Å². The van der Waals surface area contributed by atoms with Gasteiger partial charge in [-0.05, 0) is 71.1 Å². The molecule has 8 aromatic rings. The van der Waals surface area contributed by atoms with Crippen LogP contribution in [0.4, 0.5) is 0 Å². The van der Waals surface area contributed by atoms with E-state index in [2.05, 4.69) is 143 Å². The number of aromatic nitrogens is 2. The van der Waals surface area contributed by atoms with Crippen LogP contribution in [0, 0.1) is 0 Å². The van der Waals surface area contributed by atoms with Crippen molar-refractivity contribution in [1.29, 1.82) is 0 Å². The Hall–Kier alpha value is -5.08. The molecule has 9 rings (SSSR count). The zero-order chi connectivity index (χ0) is 25.5. The fraction of sp³-hybridized carbons (Fsp3) is 0.0270. The van der Waals surface area contributed by atoms with E-state index in [0.29, 0.717) is 0 Å². The lowest BCUT2D eigenvalue weighted by Crippen LogP contribution is -1.97. The van der Waals surface area contributed by atoms with Gasteiger partial charge < -0.3 is 9.13 Å². The summed E-state index contributed by atoms with van der Waals surface area (Å²) in [6.45, 7) is 0. The Bertz CT molecular complexity index is 2210. The van der Waals surface area contributed by atoms with Crippen LogP contribution in [0.25, 0.3) is 66.1 Å². The van der Waals surface area contributed by atoms with Gasteiger partial charge in [0.1, 0.15) is 0 Å². The van der Waals surface area contributed by atoms with Gasteiger partial charge in [0.25, 0.3) is 0 Å². The topological polar surface area (TPSA) is 9.86 Å². The largest absolute Gasteiger partial charge is 0.309 e. The van der Waals surface area contributed by atoms with Gasteiger partial charge >= 0.3 is 0 Å². The number of nitrogens with zero attached hydrogens (tertiary/aromatic N) is 2. The highest BCUT2D eigenvalue weighted by Gasteiger charge is 2.22. The van der Waals surface area contributed by atoms with Crippen molar-refractivity contribution in [3.8, 4) is 22.5 Å². The zero-order valence-corrected chi connectivity index (χ0v) is 21.3. The quantitative estimate of drug-likeness (QED) is 0.226. The average molecular weight is 497 g/mol. The maximum Gasteiger partial charge on any atom is 0.0562 e. The Kier molecular flexibility index (Phi) is 4.14. The highest BCUT2D eigenvalue weighted by molar-refractivity contribution is 6.16. The maximum atomic E-state index is 2.45. The van der Waals surface area contributed by atoms with Crippen LogP contribution in [0.1, 0.15) is 11.1 Å². The Balaban J connectivity index is 1.39. The molecule has 2 aromatic heterocycles. The van der Waals surface area contributed by atoms with Gasteiger partial charge in [0.15, 0.2) is 0 Å². The van der Waals surface area contributed by atoms with Crippen molar-refractivity contribution in [2.75, 3.05) is 0 Å².